The van der Waals surface area contributed by atoms with Crippen LogP contribution in [0.25, 0.3) is 6.08 Å². The van der Waals surface area contributed by atoms with E-state index in [1.165, 1.54) is 25.3 Å². The molecule has 4 rings (SSSR count). The van der Waals surface area contributed by atoms with E-state index >= 15 is 0 Å². The zero-order valence-electron chi connectivity index (χ0n) is 18.5. The Labute approximate surface area is 213 Å². The molecule has 178 valence electrons. The topological polar surface area (TPSA) is 99.0 Å². The lowest BCUT2D eigenvalue weighted by atomic mass is 10.1. The van der Waals surface area contributed by atoms with Gasteiger partial charge in [-0.15, -0.1) is 0 Å². The second kappa shape index (κ2) is 10.7. The molecule has 0 radical (unpaired) electrons. The van der Waals surface area contributed by atoms with Gasteiger partial charge in [-0.2, -0.15) is 0 Å². The van der Waals surface area contributed by atoms with Gasteiger partial charge in [-0.05, 0) is 47.2 Å². The van der Waals surface area contributed by atoms with E-state index in [9.17, 15) is 19.7 Å². The molecule has 0 unspecified atom stereocenters. The molecule has 35 heavy (non-hydrogen) atoms. The number of ether oxygens (including phenoxy) is 2. The number of nitro groups is 1. The van der Waals surface area contributed by atoms with Crippen molar-refractivity contribution in [2.75, 3.05) is 7.11 Å². The van der Waals surface area contributed by atoms with Gasteiger partial charge < -0.3 is 9.47 Å². The summed E-state index contributed by atoms with van der Waals surface area (Å²) in [4.78, 5) is 37.9. The predicted octanol–water partition coefficient (Wildman–Crippen LogP) is 6.18. The third-order valence-electron chi connectivity index (χ3n) is 5.16. The van der Waals surface area contributed by atoms with E-state index in [2.05, 4.69) is 15.9 Å². The van der Waals surface area contributed by atoms with Crippen molar-refractivity contribution in [2.24, 2.45) is 0 Å². The first kappa shape index (κ1) is 24.5. The van der Waals surface area contributed by atoms with Gasteiger partial charge in [0, 0.05) is 4.47 Å². The molecule has 1 aliphatic heterocycles. The molecule has 1 aliphatic rings. The van der Waals surface area contributed by atoms with E-state index in [0.29, 0.717) is 0 Å². The number of hydrogen-bond acceptors (Lipinski definition) is 7. The predicted molar refractivity (Wildman–Crippen MR) is 136 cm³/mol. The average molecular weight is 555 g/mol. The number of imide groups is 1. The second-order valence-electron chi connectivity index (χ2n) is 7.49. The van der Waals surface area contributed by atoms with Gasteiger partial charge in [0.25, 0.3) is 16.8 Å². The van der Waals surface area contributed by atoms with E-state index < -0.39 is 16.1 Å². The third kappa shape index (κ3) is 5.72. The van der Waals surface area contributed by atoms with Crippen molar-refractivity contribution in [3.8, 4) is 11.5 Å². The summed E-state index contributed by atoms with van der Waals surface area (Å²) < 4.78 is 12.0. The molecule has 0 spiro atoms. The summed E-state index contributed by atoms with van der Waals surface area (Å²) in [6.45, 7) is 0.301. The largest absolute Gasteiger partial charge is 0.493 e. The molecule has 1 heterocycles. The first-order chi connectivity index (χ1) is 16.9. The van der Waals surface area contributed by atoms with Gasteiger partial charge in [0.05, 0.1) is 35.1 Å². The van der Waals surface area contributed by atoms with Crippen LogP contribution >= 0.6 is 27.7 Å². The smallest absolute Gasteiger partial charge is 0.293 e. The highest BCUT2D eigenvalue weighted by molar-refractivity contribution is 9.10. The van der Waals surface area contributed by atoms with Crippen molar-refractivity contribution in [1.29, 1.82) is 0 Å². The van der Waals surface area contributed by atoms with Crippen LogP contribution in [0.1, 0.15) is 16.7 Å². The highest BCUT2D eigenvalue weighted by Gasteiger charge is 2.35. The maximum Gasteiger partial charge on any atom is 0.293 e. The van der Waals surface area contributed by atoms with Gasteiger partial charge in [-0.1, -0.05) is 58.4 Å². The fourth-order valence-corrected chi connectivity index (χ4v) is 4.49. The fourth-order valence-electron chi connectivity index (χ4n) is 3.40. The summed E-state index contributed by atoms with van der Waals surface area (Å²) in [6.07, 6.45) is 1.34. The van der Waals surface area contributed by atoms with E-state index in [0.717, 1.165) is 32.3 Å². The molecule has 0 bridgehead atoms. The van der Waals surface area contributed by atoms with Gasteiger partial charge in [0.1, 0.15) is 6.61 Å². The Morgan fingerprint density at radius 3 is 2.40 bits per heavy atom. The normalized spacial score (nSPS) is 14.5. The van der Waals surface area contributed by atoms with Gasteiger partial charge in [-0.25, -0.2) is 0 Å². The van der Waals surface area contributed by atoms with Gasteiger partial charge in [-0.3, -0.25) is 24.6 Å². The van der Waals surface area contributed by atoms with Crippen LogP contribution in [0.15, 0.2) is 76.1 Å². The Morgan fingerprint density at radius 1 is 1.03 bits per heavy atom. The number of halogens is 1. The average Bonchev–Trinajstić information content (AvgIpc) is 3.11. The second-order valence-corrected chi connectivity index (χ2v) is 9.40. The molecule has 2 amide bonds. The fraction of sp³-hybridized carbons (Fsp3) is 0.120. The number of carbonyl (C=O) groups excluding carboxylic acids is 2. The summed E-state index contributed by atoms with van der Waals surface area (Å²) in [7, 11) is 1.42. The maximum absolute atomic E-state index is 12.9. The SMILES string of the molecule is COc1cc(/C=C2\SC(=O)N(Cc3ccc(Br)cc3)C2=O)c([N+](=O)[O-])cc1OCc1ccccc1. The summed E-state index contributed by atoms with van der Waals surface area (Å²) in [5.74, 6) is -0.0454. The molecule has 8 nitrogen and oxygen atoms in total. The summed E-state index contributed by atoms with van der Waals surface area (Å²) in [5, 5.41) is 11.4. The Kier molecular flexibility index (Phi) is 7.52. The van der Waals surface area contributed by atoms with Crippen LogP contribution in [0.2, 0.25) is 0 Å². The lowest BCUT2D eigenvalue weighted by Crippen LogP contribution is -2.27. The van der Waals surface area contributed by atoms with Crippen LogP contribution < -0.4 is 9.47 Å². The van der Waals surface area contributed by atoms with E-state index in [4.69, 9.17) is 9.47 Å². The minimum Gasteiger partial charge on any atom is -0.493 e. The Morgan fingerprint density at radius 2 is 1.74 bits per heavy atom. The van der Waals surface area contributed by atoms with Crippen LogP contribution in [0.3, 0.4) is 0 Å². The minimum absolute atomic E-state index is 0.0928. The Bertz CT molecular complexity index is 1310. The van der Waals surface area contributed by atoms with Gasteiger partial charge in [0.2, 0.25) is 0 Å². The molecule has 0 saturated carbocycles. The molecule has 3 aromatic carbocycles. The third-order valence-corrected chi connectivity index (χ3v) is 6.60. The lowest BCUT2D eigenvalue weighted by Gasteiger charge is -2.13. The summed E-state index contributed by atoms with van der Waals surface area (Å²) in [5.41, 5.74) is 1.53. The number of nitrogens with zero attached hydrogens (tertiary/aromatic N) is 2. The molecule has 0 aromatic heterocycles. The number of nitro benzene ring substituents is 1. The molecule has 10 heteroatoms. The number of amides is 2. The van der Waals surface area contributed by atoms with E-state index in [1.54, 1.807) is 12.1 Å². The van der Waals surface area contributed by atoms with Crippen LogP contribution in [0.5, 0.6) is 11.5 Å². The number of carbonyl (C=O) groups is 2. The first-order valence-corrected chi connectivity index (χ1v) is 12.0. The van der Waals surface area contributed by atoms with Crippen LogP contribution in [0, 0.1) is 10.1 Å². The quantitative estimate of drug-likeness (QED) is 0.186. The van der Waals surface area contributed by atoms with Gasteiger partial charge in [0.15, 0.2) is 11.5 Å². The monoisotopic (exact) mass is 554 g/mol. The number of rotatable bonds is 8. The lowest BCUT2D eigenvalue weighted by molar-refractivity contribution is -0.385. The number of benzene rings is 3. The molecule has 0 N–H and O–H groups in total. The van der Waals surface area contributed by atoms with E-state index in [-0.39, 0.29) is 40.8 Å². The van der Waals surface area contributed by atoms with Crippen LogP contribution in [-0.4, -0.2) is 28.1 Å². The van der Waals surface area contributed by atoms with Crippen LogP contribution in [0.4, 0.5) is 10.5 Å². The van der Waals surface area contributed by atoms with Crippen molar-refractivity contribution < 1.29 is 24.0 Å². The first-order valence-electron chi connectivity index (χ1n) is 10.4. The van der Waals surface area contributed by atoms with Crippen LogP contribution in [-0.2, 0) is 17.9 Å². The zero-order chi connectivity index (χ0) is 24.9. The number of hydrogen-bond donors (Lipinski definition) is 0. The molecule has 3 aromatic rings. The summed E-state index contributed by atoms with van der Waals surface area (Å²) >= 11 is 4.09. The maximum atomic E-state index is 12.9. The molecular weight excluding hydrogens is 536 g/mol. The van der Waals surface area contributed by atoms with Gasteiger partial charge >= 0.3 is 0 Å². The number of methoxy groups -OCH3 is 1. The van der Waals surface area contributed by atoms with Crippen molar-refractivity contribution in [1.82, 2.24) is 4.90 Å². The minimum atomic E-state index is -0.563. The molecule has 1 saturated heterocycles. The van der Waals surface area contributed by atoms with Crippen molar-refractivity contribution in [3.05, 3.63) is 103 Å². The van der Waals surface area contributed by atoms with E-state index in [1.807, 2.05) is 42.5 Å². The Balaban J connectivity index is 1.61. The zero-order valence-corrected chi connectivity index (χ0v) is 20.9. The van der Waals surface area contributed by atoms with Crippen molar-refractivity contribution in [2.45, 2.75) is 13.2 Å². The summed E-state index contributed by atoms with van der Waals surface area (Å²) in [6, 6.07) is 19.3. The highest BCUT2D eigenvalue weighted by Crippen LogP contribution is 2.39. The number of thioether (sulfide) groups is 1. The molecule has 1 fully saturated rings. The standard InChI is InChI=1S/C25H19BrN2O6S/c1-33-21-11-18(20(28(31)32)13-22(21)34-15-17-5-3-2-4-6-17)12-23-24(29)27(25(30)35-23)14-16-7-9-19(26)10-8-16/h2-13H,14-15H2,1H3/b23-12-. The van der Waals surface area contributed by atoms with Crippen molar-refractivity contribution in [3.63, 3.8) is 0 Å². The highest BCUT2D eigenvalue weighted by atomic mass is 79.9. The molecular formula is C25H19BrN2O6S. The molecule has 0 aliphatic carbocycles. The van der Waals surface area contributed by atoms with Crippen molar-refractivity contribution >= 4 is 50.6 Å². The molecule has 0 atom stereocenters. The Hall–Kier alpha value is -3.63.